The minimum Gasteiger partial charge on any atom is -0.333 e. The Bertz CT molecular complexity index is 853. The van der Waals surface area contributed by atoms with Gasteiger partial charge in [-0.2, -0.15) is 13.2 Å². The highest BCUT2D eigenvalue weighted by molar-refractivity contribution is 7.98. The lowest BCUT2D eigenvalue weighted by atomic mass is 10.1. The van der Waals surface area contributed by atoms with Crippen molar-refractivity contribution in [3.05, 3.63) is 58.7 Å². The summed E-state index contributed by atoms with van der Waals surface area (Å²) in [4.78, 5) is 7.75. The molecule has 120 valence electrons. The molecule has 2 nitrogen and oxygen atoms in total. The maximum Gasteiger partial charge on any atom is 0.416 e. The van der Waals surface area contributed by atoms with E-state index in [1.54, 1.807) is 6.07 Å². The Labute approximate surface area is 136 Å². The van der Waals surface area contributed by atoms with Crippen LogP contribution < -0.4 is 0 Å². The monoisotopic (exact) mass is 336 g/mol. The number of imidazole rings is 1. The molecule has 23 heavy (non-hydrogen) atoms. The minimum atomic E-state index is -4.31. The standard InChI is InChI=1S/C17H15F3N2S/c1-10-6-7-14-15(11(10)2)22-16(21-14)23-9-12-4-3-5-13(8-12)17(18,19)20/h3-8H,9H2,1-2H3,(H,21,22). The van der Waals surface area contributed by atoms with Crippen molar-refractivity contribution in [3.8, 4) is 0 Å². The molecule has 0 atom stereocenters. The quantitative estimate of drug-likeness (QED) is 0.641. The molecule has 0 aliphatic rings. The van der Waals surface area contributed by atoms with Gasteiger partial charge in [-0.05, 0) is 42.7 Å². The summed E-state index contributed by atoms with van der Waals surface area (Å²) < 4.78 is 38.2. The number of aromatic amines is 1. The third-order valence-corrected chi connectivity index (χ3v) is 4.73. The van der Waals surface area contributed by atoms with E-state index in [2.05, 4.69) is 9.97 Å². The van der Waals surface area contributed by atoms with Crippen LogP contribution in [-0.4, -0.2) is 9.97 Å². The summed E-state index contributed by atoms with van der Waals surface area (Å²) in [5.41, 5.74) is 4.14. The van der Waals surface area contributed by atoms with Crippen LogP contribution in [0.5, 0.6) is 0 Å². The number of aryl methyl sites for hydroxylation is 2. The molecule has 0 bridgehead atoms. The predicted molar refractivity (Wildman–Crippen MR) is 86.6 cm³/mol. The number of halogens is 3. The van der Waals surface area contributed by atoms with Gasteiger partial charge in [0.05, 0.1) is 16.6 Å². The van der Waals surface area contributed by atoms with Crippen molar-refractivity contribution in [2.75, 3.05) is 0 Å². The van der Waals surface area contributed by atoms with Crippen LogP contribution in [0.25, 0.3) is 11.0 Å². The van der Waals surface area contributed by atoms with Crippen LogP contribution in [0.2, 0.25) is 0 Å². The molecule has 0 unspecified atom stereocenters. The summed E-state index contributed by atoms with van der Waals surface area (Å²) in [5.74, 6) is 0.432. The van der Waals surface area contributed by atoms with E-state index < -0.39 is 11.7 Å². The van der Waals surface area contributed by atoms with Crippen LogP contribution in [0.4, 0.5) is 13.2 Å². The highest BCUT2D eigenvalue weighted by Gasteiger charge is 2.30. The van der Waals surface area contributed by atoms with Gasteiger partial charge in [-0.3, -0.25) is 0 Å². The molecule has 3 rings (SSSR count). The Morgan fingerprint density at radius 2 is 1.91 bits per heavy atom. The molecule has 6 heteroatoms. The van der Waals surface area contributed by atoms with Crippen molar-refractivity contribution < 1.29 is 13.2 Å². The van der Waals surface area contributed by atoms with Crippen molar-refractivity contribution >= 4 is 22.8 Å². The summed E-state index contributed by atoms with van der Waals surface area (Å²) in [6.07, 6.45) is -4.31. The van der Waals surface area contributed by atoms with E-state index in [4.69, 9.17) is 0 Å². The first-order chi connectivity index (χ1) is 10.8. The van der Waals surface area contributed by atoms with E-state index in [-0.39, 0.29) is 0 Å². The number of rotatable bonds is 3. The average Bonchev–Trinajstić information content (AvgIpc) is 2.92. The van der Waals surface area contributed by atoms with Crippen LogP contribution in [0.3, 0.4) is 0 Å². The van der Waals surface area contributed by atoms with Crippen LogP contribution >= 0.6 is 11.8 Å². The summed E-state index contributed by atoms with van der Waals surface area (Å²) in [6.45, 7) is 4.04. The van der Waals surface area contributed by atoms with Gasteiger partial charge in [-0.1, -0.05) is 36.0 Å². The molecule has 0 amide bonds. The molecule has 0 saturated heterocycles. The lowest BCUT2D eigenvalue weighted by Gasteiger charge is -2.07. The first kappa shape index (κ1) is 15.9. The summed E-state index contributed by atoms with van der Waals surface area (Å²) in [7, 11) is 0. The maximum atomic E-state index is 12.7. The zero-order chi connectivity index (χ0) is 16.6. The fourth-order valence-corrected chi connectivity index (χ4v) is 3.17. The molecular weight excluding hydrogens is 321 g/mol. The Morgan fingerprint density at radius 3 is 2.65 bits per heavy atom. The van der Waals surface area contributed by atoms with E-state index in [0.717, 1.165) is 22.7 Å². The fourth-order valence-electron chi connectivity index (χ4n) is 2.35. The number of hydrogen-bond acceptors (Lipinski definition) is 2. The Kier molecular flexibility index (Phi) is 4.10. The van der Waals surface area contributed by atoms with Gasteiger partial charge in [0.2, 0.25) is 0 Å². The Balaban J connectivity index is 1.80. The maximum absolute atomic E-state index is 12.7. The zero-order valence-corrected chi connectivity index (χ0v) is 13.5. The molecular formula is C17H15F3N2S. The van der Waals surface area contributed by atoms with E-state index in [0.29, 0.717) is 16.5 Å². The van der Waals surface area contributed by atoms with Gasteiger partial charge in [0.1, 0.15) is 0 Å². The fraction of sp³-hybridized carbons (Fsp3) is 0.235. The molecule has 1 N–H and O–H groups in total. The van der Waals surface area contributed by atoms with Gasteiger partial charge in [-0.15, -0.1) is 0 Å². The molecule has 3 aromatic rings. The number of nitrogens with one attached hydrogen (secondary N) is 1. The largest absolute Gasteiger partial charge is 0.416 e. The lowest BCUT2D eigenvalue weighted by molar-refractivity contribution is -0.137. The summed E-state index contributed by atoms with van der Waals surface area (Å²) in [6, 6.07) is 9.40. The molecule has 2 aromatic carbocycles. The van der Waals surface area contributed by atoms with E-state index >= 15 is 0 Å². The van der Waals surface area contributed by atoms with Gasteiger partial charge < -0.3 is 4.98 Å². The van der Waals surface area contributed by atoms with Crippen LogP contribution in [-0.2, 0) is 11.9 Å². The second kappa shape index (κ2) is 5.92. The normalized spacial score (nSPS) is 12.0. The lowest BCUT2D eigenvalue weighted by Crippen LogP contribution is -2.04. The number of hydrogen-bond donors (Lipinski definition) is 1. The minimum absolute atomic E-state index is 0.432. The van der Waals surface area contributed by atoms with E-state index in [9.17, 15) is 13.2 Å². The second-order valence-corrected chi connectivity index (χ2v) is 6.40. The van der Waals surface area contributed by atoms with Crippen LogP contribution in [0.15, 0.2) is 41.6 Å². The van der Waals surface area contributed by atoms with Gasteiger partial charge in [0, 0.05) is 5.75 Å². The molecule has 0 radical (unpaired) electrons. The van der Waals surface area contributed by atoms with Crippen molar-refractivity contribution in [2.24, 2.45) is 0 Å². The highest BCUT2D eigenvalue weighted by Crippen LogP contribution is 2.31. The highest BCUT2D eigenvalue weighted by atomic mass is 32.2. The first-order valence-corrected chi connectivity index (χ1v) is 8.08. The molecule has 0 fully saturated rings. The van der Waals surface area contributed by atoms with Crippen molar-refractivity contribution in [2.45, 2.75) is 30.9 Å². The molecule has 0 aliphatic carbocycles. The van der Waals surface area contributed by atoms with Crippen molar-refractivity contribution in [1.82, 2.24) is 9.97 Å². The third kappa shape index (κ3) is 3.37. The van der Waals surface area contributed by atoms with Gasteiger partial charge in [0.15, 0.2) is 5.16 Å². The smallest absolute Gasteiger partial charge is 0.333 e. The summed E-state index contributed by atoms with van der Waals surface area (Å²) in [5, 5.41) is 0.714. The SMILES string of the molecule is Cc1ccc2[nH]c(SCc3cccc(C(F)(F)F)c3)nc2c1C. The molecule has 1 heterocycles. The van der Waals surface area contributed by atoms with Crippen LogP contribution in [0, 0.1) is 13.8 Å². The number of thioether (sulfide) groups is 1. The zero-order valence-electron chi connectivity index (χ0n) is 12.7. The number of aromatic nitrogens is 2. The third-order valence-electron chi connectivity index (χ3n) is 3.79. The Hall–Kier alpha value is -1.95. The van der Waals surface area contributed by atoms with Gasteiger partial charge in [0.25, 0.3) is 0 Å². The number of H-pyrrole nitrogens is 1. The number of fused-ring (bicyclic) bond motifs is 1. The first-order valence-electron chi connectivity index (χ1n) is 7.09. The Morgan fingerprint density at radius 1 is 1.13 bits per heavy atom. The van der Waals surface area contributed by atoms with Gasteiger partial charge in [-0.25, -0.2) is 4.98 Å². The van der Waals surface area contributed by atoms with E-state index in [1.165, 1.54) is 29.5 Å². The van der Waals surface area contributed by atoms with E-state index in [1.807, 2.05) is 26.0 Å². The average molecular weight is 336 g/mol. The molecule has 0 spiro atoms. The number of alkyl halides is 3. The molecule has 1 aromatic heterocycles. The second-order valence-electron chi connectivity index (χ2n) is 5.43. The topological polar surface area (TPSA) is 28.7 Å². The predicted octanol–water partition coefficient (Wildman–Crippen LogP) is 5.49. The number of benzene rings is 2. The van der Waals surface area contributed by atoms with Gasteiger partial charge >= 0.3 is 6.18 Å². The molecule has 0 saturated carbocycles. The van der Waals surface area contributed by atoms with Crippen LogP contribution in [0.1, 0.15) is 22.3 Å². The molecule has 0 aliphatic heterocycles. The van der Waals surface area contributed by atoms with Crippen molar-refractivity contribution in [1.29, 1.82) is 0 Å². The summed E-state index contributed by atoms with van der Waals surface area (Å²) >= 11 is 1.40. The van der Waals surface area contributed by atoms with Crippen molar-refractivity contribution in [3.63, 3.8) is 0 Å². The number of nitrogens with zero attached hydrogens (tertiary/aromatic N) is 1.